The Morgan fingerprint density at radius 1 is 1.06 bits per heavy atom. The summed E-state index contributed by atoms with van der Waals surface area (Å²) >= 11 is 2.98. The molecule has 2 aromatic carbocycles. The molecule has 0 saturated carbocycles. The van der Waals surface area contributed by atoms with Gasteiger partial charge in [-0.1, -0.05) is 66.7 Å². The van der Waals surface area contributed by atoms with Crippen LogP contribution in [0.3, 0.4) is 0 Å². The molecule has 1 N–H and O–H groups in total. The van der Waals surface area contributed by atoms with Crippen LogP contribution in [-0.2, 0) is 11.2 Å². The predicted molar refractivity (Wildman–Crippen MR) is 130 cm³/mol. The van der Waals surface area contributed by atoms with E-state index >= 15 is 0 Å². The minimum absolute atomic E-state index is 0.0569. The number of fused-ring (bicyclic) bond motifs is 1. The summed E-state index contributed by atoms with van der Waals surface area (Å²) in [5, 5.41) is 13.6. The number of aromatic nitrogens is 3. The summed E-state index contributed by atoms with van der Waals surface area (Å²) in [5.74, 6) is 0.195. The van der Waals surface area contributed by atoms with E-state index in [-0.39, 0.29) is 11.7 Å². The first kappa shape index (κ1) is 21.5. The Hall–Kier alpha value is -2.77. The lowest BCUT2D eigenvalue weighted by Crippen LogP contribution is -2.16. The summed E-state index contributed by atoms with van der Waals surface area (Å²) in [7, 11) is 0. The molecule has 0 bridgehead atoms. The Morgan fingerprint density at radius 3 is 2.58 bits per heavy atom. The molecule has 2 aromatic heterocycles. The molecule has 0 aliphatic carbocycles. The van der Waals surface area contributed by atoms with E-state index in [9.17, 15) is 4.79 Å². The van der Waals surface area contributed by atoms with Crippen molar-refractivity contribution < 1.29 is 4.79 Å². The smallest absolute Gasteiger partial charge is 0.234 e. The third kappa shape index (κ3) is 4.62. The number of amides is 1. The van der Waals surface area contributed by atoms with E-state index in [1.54, 1.807) is 11.3 Å². The van der Waals surface area contributed by atoms with Gasteiger partial charge < -0.3 is 5.32 Å². The average molecular weight is 449 g/mol. The van der Waals surface area contributed by atoms with Crippen LogP contribution in [0.5, 0.6) is 0 Å². The van der Waals surface area contributed by atoms with E-state index in [0.717, 1.165) is 49.7 Å². The standard InChI is InChI=1S/C24H24N4OS2/c1-5-17-8-6-7-15(3)20(17)26-19(29)13-30-24-22-23(31-16(4)25-22)21(27-28-24)18-11-9-14(2)10-12-18/h6-12H,5,13H2,1-4H3,(H,26,29). The molecule has 158 valence electrons. The van der Waals surface area contributed by atoms with Crippen LogP contribution in [0.25, 0.3) is 21.5 Å². The molecular formula is C24H24N4OS2. The number of thiazole rings is 1. The molecule has 5 nitrogen and oxygen atoms in total. The number of anilines is 1. The number of nitrogens with one attached hydrogen (secondary N) is 1. The number of thioether (sulfide) groups is 1. The Balaban J connectivity index is 1.56. The number of para-hydroxylation sites is 1. The fraction of sp³-hybridized carbons (Fsp3) is 0.250. The van der Waals surface area contributed by atoms with Gasteiger partial charge in [-0.15, -0.1) is 21.5 Å². The van der Waals surface area contributed by atoms with E-state index in [1.807, 2.05) is 32.0 Å². The van der Waals surface area contributed by atoms with E-state index in [2.05, 4.69) is 58.6 Å². The molecule has 0 fully saturated rings. The van der Waals surface area contributed by atoms with Gasteiger partial charge >= 0.3 is 0 Å². The van der Waals surface area contributed by atoms with Crippen LogP contribution in [0.2, 0.25) is 0 Å². The zero-order chi connectivity index (χ0) is 22.0. The van der Waals surface area contributed by atoms with Crippen molar-refractivity contribution >= 4 is 44.9 Å². The maximum absolute atomic E-state index is 12.7. The third-order valence-corrected chi connectivity index (χ3v) is 6.99. The topological polar surface area (TPSA) is 67.8 Å². The predicted octanol–water partition coefficient (Wildman–Crippen LogP) is 5.97. The molecule has 0 aliphatic rings. The molecule has 4 aromatic rings. The molecule has 0 saturated heterocycles. The molecule has 7 heteroatoms. The number of aryl methyl sites for hydroxylation is 4. The molecule has 0 aliphatic heterocycles. The van der Waals surface area contributed by atoms with Crippen LogP contribution in [0.1, 0.15) is 28.6 Å². The van der Waals surface area contributed by atoms with Crippen LogP contribution in [-0.4, -0.2) is 26.8 Å². The second-order valence-corrected chi connectivity index (χ2v) is 9.60. The maximum atomic E-state index is 12.7. The number of carbonyl (C=O) groups excluding carboxylic acids is 1. The Labute approximate surface area is 190 Å². The van der Waals surface area contributed by atoms with Gasteiger partial charge in [0, 0.05) is 11.3 Å². The molecule has 4 rings (SSSR count). The minimum Gasteiger partial charge on any atom is -0.325 e. The highest BCUT2D eigenvalue weighted by Gasteiger charge is 2.17. The van der Waals surface area contributed by atoms with Crippen molar-refractivity contribution in [1.29, 1.82) is 0 Å². The Bertz CT molecular complexity index is 1250. The summed E-state index contributed by atoms with van der Waals surface area (Å²) in [6, 6.07) is 14.3. The lowest BCUT2D eigenvalue weighted by Gasteiger charge is -2.12. The highest BCUT2D eigenvalue weighted by molar-refractivity contribution is 8.00. The number of rotatable bonds is 6. The van der Waals surface area contributed by atoms with E-state index < -0.39 is 0 Å². The lowest BCUT2D eigenvalue weighted by atomic mass is 10.1. The van der Waals surface area contributed by atoms with Gasteiger partial charge in [-0.3, -0.25) is 4.79 Å². The highest BCUT2D eigenvalue weighted by Crippen LogP contribution is 2.35. The van der Waals surface area contributed by atoms with Crippen molar-refractivity contribution in [3.05, 3.63) is 64.2 Å². The van der Waals surface area contributed by atoms with Gasteiger partial charge in [0.15, 0.2) is 0 Å². The number of benzene rings is 2. The van der Waals surface area contributed by atoms with Crippen molar-refractivity contribution in [2.45, 2.75) is 39.1 Å². The van der Waals surface area contributed by atoms with Crippen LogP contribution in [0.15, 0.2) is 47.5 Å². The first-order valence-corrected chi connectivity index (χ1v) is 12.0. The minimum atomic E-state index is -0.0569. The highest BCUT2D eigenvalue weighted by atomic mass is 32.2. The second-order valence-electron chi connectivity index (χ2n) is 7.43. The maximum Gasteiger partial charge on any atom is 0.234 e. The van der Waals surface area contributed by atoms with Crippen molar-refractivity contribution in [3.8, 4) is 11.3 Å². The van der Waals surface area contributed by atoms with Gasteiger partial charge in [-0.05, 0) is 38.3 Å². The number of hydrogen-bond donors (Lipinski definition) is 1. The molecule has 0 radical (unpaired) electrons. The fourth-order valence-corrected chi connectivity index (χ4v) is 5.14. The van der Waals surface area contributed by atoms with Crippen molar-refractivity contribution in [1.82, 2.24) is 15.2 Å². The quantitative estimate of drug-likeness (QED) is 0.368. The second kappa shape index (κ2) is 9.16. The van der Waals surface area contributed by atoms with Crippen LogP contribution in [0.4, 0.5) is 5.69 Å². The van der Waals surface area contributed by atoms with Gasteiger partial charge in [-0.2, -0.15) is 0 Å². The van der Waals surface area contributed by atoms with Gasteiger partial charge in [0.1, 0.15) is 16.2 Å². The van der Waals surface area contributed by atoms with Gasteiger partial charge in [-0.25, -0.2) is 4.98 Å². The summed E-state index contributed by atoms with van der Waals surface area (Å²) < 4.78 is 1.01. The summed E-state index contributed by atoms with van der Waals surface area (Å²) in [6.07, 6.45) is 0.870. The zero-order valence-corrected chi connectivity index (χ0v) is 19.7. The lowest BCUT2D eigenvalue weighted by molar-refractivity contribution is -0.113. The van der Waals surface area contributed by atoms with Gasteiger partial charge in [0.25, 0.3) is 0 Å². The number of hydrogen-bond acceptors (Lipinski definition) is 6. The molecule has 0 spiro atoms. The van der Waals surface area contributed by atoms with Crippen LogP contribution < -0.4 is 5.32 Å². The molecular weight excluding hydrogens is 424 g/mol. The van der Waals surface area contributed by atoms with Crippen molar-refractivity contribution in [2.24, 2.45) is 0 Å². The third-order valence-electron chi connectivity index (χ3n) is 5.06. The first-order valence-electron chi connectivity index (χ1n) is 10.2. The number of carbonyl (C=O) groups is 1. The van der Waals surface area contributed by atoms with Crippen LogP contribution >= 0.6 is 23.1 Å². The zero-order valence-electron chi connectivity index (χ0n) is 18.0. The Kier molecular flexibility index (Phi) is 6.34. The van der Waals surface area contributed by atoms with Crippen molar-refractivity contribution in [3.63, 3.8) is 0 Å². The summed E-state index contributed by atoms with van der Waals surface area (Å²) in [5.41, 5.74) is 6.98. The fourth-order valence-electron chi connectivity index (χ4n) is 3.43. The average Bonchev–Trinajstić information content (AvgIpc) is 3.15. The van der Waals surface area contributed by atoms with E-state index in [0.29, 0.717) is 5.03 Å². The monoisotopic (exact) mass is 448 g/mol. The molecule has 0 atom stereocenters. The SMILES string of the molecule is CCc1cccc(C)c1NC(=O)CSc1nnc(-c2ccc(C)cc2)c2sc(C)nc12. The summed E-state index contributed by atoms with van der Waals surface area (Å²) in [6.45, 7) is 8.15. The molecule has 0 unspecified atom stereocenters. The van der Waals surface area contributed by atoms with Gasteiger partial charge in [0.05, 0.1) is 15.5 Å². The van der Waals surface area contributed by atoms with Crippen LogP contribution in [0, 0.1) is 20.8 Å². The Morgan fingerprint density at radius 2 is 1.84 bits per heavy atom. The summed E-state index contributed by atoms with van der Waals surface area (Å²) in [4.78, 5) is 17.4. The van der Waals surface area contributed by atoms with Gasteiger partial charge in [0.2, 0.25) is 5.91 Å². The molecule has 2 heterocycles. The first-order chi connectivity index (χ1) is 15.0. The largest absolute Gasteiger partial charge is 0.325 e. The number of nitrogens with zero attached hydrogens (tertiary/aromatic N) is 3. The normalized spacial score (nSPS) is 11.1. The van der Waals surface area contributed by atoms with Crippen molar-refractivity contribution in [2.75, 3.05) is 11.1 Å². The van der Waals surface area contributed by atoms with E-state index in [4.69, 9.17) is 0 Å². The molecule has 31 heavy (non-hydrogen) atoms. The van der Waals surface area contributed by atoms with E-state index in [1.165, 1.54) is 17.3 Å². The molecule has 1 amide bonds.